The van der Waals surface area contributed by atoms with Gasteiger partial charge in [-0.2, -0.15) is 0 Å². The molecule has 0 saturated heterocycles. The molecule has 0 aliphatic rings. The summed E-state index contributed by atoms with van der Waals surface area (Å²) in [6, 6.07) is 5.15. The Balaban J connectivity index is 2.31. The molecule has 0 aliphatic carbocycles. The molecule has 100 valence electrons. The van der Waals surface area contributed by atoms with Gasteiger partial charge in [-0.3, -0.25) is 0 Å². The minimum Gasteiger partial charge on any atom is -0.323 e. The summed E-state index contributed by atoms with van der Waals surface area (Å²) in [5.74, 6) is -2.89. The largest absolute Gasteiger partial charge is 0.323 e. The molecular weight excluding hydrogens is 258 g/mol. The van der Waals surface area contributed by atoms with Gasteiger partial charge in [0.1, 0.15) is 23.3 Å². The highest BCUT2D eigenvalue weighted by atomic mass is 19.1. The molecule has 0 saturated carbocycles. The standard InChI is InChI=1S/C14H11F4N/c15-9-4-5-10(16)8(6-9)7-13(19)14-11(17)2-1-3-12(14)18/h1-6,13H,7,19H2. The second kappa shape index (κ2) is 5.40. The SMILES string of the molecule is NC(Cc1cc(F)ccc1F)c1c(F)cccc1F. The van der Waals surface area contributed by atoms with Crippen LogP contribution in [0, 0.1) is 23.3 Å². The zero-order valence-corrected chi connectivity index (χ0v) is 9.84. The number of rotatable bonds is 3. The second-order valence-corrected chi connectivity index (χ2v) is 4.18. The average molecular weight is 269 g/mol. The molecule has 0 radical (unpaired) electrons. The maximum absolute atomic E-state index is 13.5. The van der Waals surface area contributed by atoms with Crippen molar-refractivity contribution in [1.29, 1.82) is 0 Å². The van der Waals surface area contributed by atoms with Gasteiger partial charge in [-0.05, 0) is 42.3 Å². The van der Waals surface area contributed by atoms with Gasteiger partial charge in [0, 0.05) is 11.6 Å². The van der Waals surface area contributed by atoms with E-state index in [4.69, 9.17) is 5.73 Å². The molecule has 1 unspecified atom stereocenters. The van der Waals surface area contributed by atoms with Gasteiger partial charge in [0.15, 0.2) is 0 Å². The van der Waals surface area contributed by atoms with E-state index in [2.05, 4.69) is 0 Å². The van der Waals surface area contributed by atoms with Crippen molar-refractivity contribution in [2.45, 2.75) is 12.5 Å². The average Bonchev–Trinajstić information content (AvgIpc) is 2.33. The monoisotopic (exact) mass is 269 g/mol. The van der Waals surface area contributed by atoms with Gasteiger partial charge in [0.25, 0.3) is 0 Å². The van der Waals surface area contributed by atoms with Crippen molar-refractivity contribution >= 4 is 0 Å². The highest BCUT2D eigenvalue weighted by Crippen LogP contribution is 2.23. The molecule has 1 atom stereocenters. The van der Waals surface area contributed by atoms with Crippen LogP contribution in [0.3, 0.4) is 0 Å². The quantitative estimate of drug-likeness (QED) is 0.848. The van der Waals surface area contributed by atoms with E-state index < -0.39 is 29.3 Å². The van der Waals surface area contributed by atoms with E-state index in [-0.39, 0.29) is 17.5 Å². The summed E-state index contributed by atoms with van der Waals surface area (Å²) in [4.78, 5) is 0. The first-order valence-electron chi connectivity index (χ1n) is 5.62. The minimum atomic E-state index is -1.09. The summed E-state index contributed by atoms with van der Waals surface area (Å²) in [5.41, 5.74) is 5.33. The lowest BCUT2D eigenvalue weighted by molar-refractivity contribution is 0.516. The van der Waals surface area contributed by atoms with Gasteiger partial charge in [0.2, 0.25) is 0 Å². The maximum Gasteiger partial charge on any atom is 0.130 e. The highest BCUT2D eigenvalue weighted by Gasteiger charge is 2.18. The molecule has 0 fully saturated rings. The summed E-state index contributed by atoms with van der Waals surface area (Å²) < 4.78 is 53.4. The molecule has 0 spiro atoms. The van der Waals surface area contributed by atoms with Crippen molar-refractivity contribution in [1.82, 2.24) is 0 Å². The molecule has 1 nitrogen and oxygen atoms in total. The summed E-state index contributed by atoms with van der Waals surface area (Å²) in [7, 11) is 0. The van der Waals surface area contributed by atoms with E-state index in [0.717, 1.165) is 30.3 Å². The van der Waals surface area contributed by atoms with Crippen LogP contribution >= 0.6 is 0 Å². The number of nitrogens with two attached hydrogens (primary N) is 1. The fraction of sp³-hybridized carbons (Fsp3) is 0.143. The van der Waals surface area contributed by atoms with Crippen LogP contribution in [0.4, 0.5) is 17.6 Å². The molecule has 0 amide bonds. The predicted octanol–water partition coefficient (Wildman–Crippen LogP) is 3.49. The maximum atomic E-state index is 13.5. The van der Waals surface area contributed by atoms with Crippen molar-refractivity contribution in [3.63, 3.8) is 0 Å². The van der Waals surface area contributed by atoms with Crippen molar-refractivity contribution in [2.24, 2.45) is 5.73 Å². The first-order valence-corrected chi connectivity index (χ1v) is 5.62. The Bertz CT molecular complexity index is 578. The van der Waals surface area contributed by atoms with E-state index in [9.17, 15) is 17.6 Å². The molecule has 2 aromatic rings. The normalized spacial score (nSPS) is 12.5. The molecule has 0 bridgehead atoms. The van der Waals surface area contributed by atoms with Crippen molar-refractivity contribution in [2.75, 3.05) is 0 Å². The van der Waals surface area contributed by atoms with Crippen LogP contribution in [0.15, 0.2) is 36.4 Å². The fourth-order valence-electron chi connectivity index (χ4n) is 1.90. The Labute approximate surface area is 107 Å². The first kappa shape index (κ1) is 13.5. The summed E-state index contributed by atoms with van der Waals surface area (Å²) in [6.07, 6.45) is -0.193. The van der Waals surface area contributed by atoms with E-state index in [1.165, 1.54) is 6.07 Å². The number of benzene rings is 2. The van der Waals surface area contributed by atoms with E-state index in [0.29, 0.717) is 0 Å². The fourth-order valence-corrected chi connectivity index (χ4v) is 1.90. The molecule has 2 N–H and O–H groups in total. The lowest BCUT2D eigenvalue weighted by Crippen LogP contribution is -2.17. The Morgan fingerprint density at radius 2 is 1.53 bits per heavy atom. The van der Waals surface area contributed by atoms with Crippen LogP contribution in [-0.2, 0) is 6.42 Å². The molecule has 0 heterocycles. The van der Waals surface area contributed by atoms with Gasteiger partial charge in [-0.15, -0.1) is 0 Å². The number of hydrogen-bond acceptors (Lipinski definition) is 1. The van der Waals surface area contributed by atoms with Gasteiger partial charge in [-0.1, -0.05) is 6.07 Å². The van der Waals surface area contributed by atoms with Crippen LogP contribution in [0.2, 0.25) is 0 Å². The third kappa shape index (κ3) is 2.93. The molecular formula is C14H11F4N. The van der Waals surface area contributed by atoms with Crippen LogP contribution < -0.4 is 5.73 Å². The third-order valence-corrected chi connectivity index (χ3v) is 2.82. The highest BCUT2D eigenvalue weighted by molar-refractivity contribution is 5.27. The lowest BCUT2D eigenvalue weighted by atomic mass is 9.98. The summed E-state index contributed by atoms with van der Waals surface area (Å²) in [6.45, 7) is 0. The topological polar surface area (TPSA) is 26.0 Å². The molecule has 5 heteroatoms. The van der Waals surface area contributed by atoms with Crippen molar-refractivity contribution in [3.8, 4) is 0 Å². The number of halogens is 4. The van der Waals surface area contributed by atoms with Crippen molar-refractivity contribution < 1.29 is 17.6 Å². The van der Waals surface area contributed by atoms with Gasteiger partial charge >= 0.3 is 0 Å². The first-order chi connectivity index (χ1) is 8.99. The van der Waals surface area contributed by atoms with E-state index in [1.54, 1.807) is 0 Å². The van der Waals surface area contributed by atoms with Gasteiger partial charge < -0.3 is 5.73 Å². The van der Waals surface area contributed by atoms with Gasteiger partial charge in [0.05, 0.1) is 0 Å². The van der Waals surface area contributed by atoms with Crippen LogP contribution in [-0.4, -0.2) is 0 Å². The number of hydrogen-bond donors (Lipinski definition) is 1. The van der Waals surface area contributed by atoms with Crippen LogP contribution in [0.25, 0.3) is 0 Å². The third-order valence-electron chi connectivity index (χ3n) is 2.82. The Hall–Kier alpha value is -1.88. The zero-order chi connectivity index (χ0) is 14.0. The van der Waals surface area contributed by atoms with Crippen molar-refractivity contribution in [3.05, 3.63) is 70.8 Å². The summed E-state index contributed by atoms with van der Waals surface area (Å²) >= 11 is 0. The zero-order valence-electron chi connectivity index (χ0n) is 9.84. The molecule has 0 aromatic heterocycles. The summed E-state index contributed by atoms with van der Waals surface area (Å²) in [5, 5.41) is 0. The molecule has 19 heavy (non-hydrogen) atoms. The molecule has 2 rings (SSSR count). The lowest BCUT2D eigenvalue weighted by Gasteiger charge is -2.14. The van der Waals surface area contributed by atoms with E-state index in [1.807, 2.05) is 0 Å². The molecule has 0 aliphatic heterocycles. The van der Waals surface area contributed by atoms with Crippen LogP contribution in [0.1, 0.15) is 17.2 Å². The molecule has 2 aromatic carbocycles. The minimum absolute atomic E-state index is 0.0184. The Kier molecular flexibility index (Phi) is 3.85. The Morgan fingerprint density at radius 1 is 0.895 bits per heavy atom. The predicted molar refractivity (Wildman–Crippen MR) is 63.3 cm³/mol. The Morgan fingerprint density at radius 3 is 2.16 bits per heavy atom. The second-order valence-electron chi connectivity index (χ2n) is 4.18. The van der Waals surface area contributed by atoms with Gasteiger partial charge in [-0.25, -0.2) is 17.6 Å². The van der Waals surface area contributed by atoms with E-state index >= 15 is 0 Å². The van der Waals surface area contributed by atoms with Crippen LogP contribution in [0.5, 0.6) is 0 Å². The smallest absolute Gasteiger partial charge is 0.130 e.